The van der Waals surface area contributed by atoms with Crippen LogP contribution in [0.2, 0.25) is 0 Å². The fraction of sp³-hybridized carbons (Fsp3) is 1.00. The van der Waals surface area contributed by atoms with Gasteiger partial charge in [-0.3, -0.25) is 0 Å². The van der Waals surface area contributed by atoms with Crippen LogP contribution in [-0.4, -0.2) is 21.9 Å². The first-order valence-electron chi connectivity index (χ1n) is 3.03. The molecule has 3 heteroatoms. The number of rotatable bonds is 4. The van der Waals surface area contributed by atoms with Gasteiger partial charge in [-0.25, -0.2) is 0 Å². The summed E-state index contributed by atoms with van der Waals surface area (Å²) >= 11 is 8.71. The summed E-state index contributed by atoms with van der Waals surface area (Å²) in [6.45, 7) is 2.03. The molecule has 0 fully saturated rings. The minimum atomic E-state index is -0.684. The van der Waals surface area contributed by atoms with E-state index in [2.05, 4.69) is 15.9 Å². The Morgan fingerprint density at radius 2 is 2.22 bits per heavy atom. The Morgan fingerprint density at radius 3 is 2.33 bits per heavy atom. The molecule has 1 unspecified atom stereocenters. The summed E-state index contributed by atoms with van der Waals surface area (Å²) in [7, 11) is 0. The van der Waals surface area contributed by atoms with Crippen LogP contribution in [-0.2, 0) is 0 Å². The maximum Gasteiger partial charge on any atom is 0.0878 e. The van der Waals surface area contributed by atoms with Crippen LogP contribution >= 0.6 is 27.5 Å². The minimum absolute atomic E-state index is 0.312. The van der Waals surface area contributed by atoms with Crippen molar-refractivity contribution in [2.24, 2.45) is 0 Å². The zero-order valence-corrected chi connectivity index (χ0v) is 7.87. The van der Waals surface area contributed by atoms with Gasteiger partial charge in [0, 0.05) is 5.33 Å². The van der Waals surface area contributed by atoms with E-state index in [1.54, 1.807) is 0 Å². The van der Waals surface area contributed by atoms with Gasteiger partial charge in [0.1, 0.15) is 0 Å². The Bertz CT molecular complexity index is 73.5. The smallest absolute Gasteiger partial charge is 0.0878 e. The number of halogens is 2. The summed E-state index contributed by atoms with van der Waals surface area (Å²) in [5.41, 5.74) is -0.684. The summed E-state index contributed by atoms with van der Waals surface area (Å²) < 4.78 is 0. The van der Waals surface area contributed by atoms with Crippen molar-refractivity contribution >= 4 is 27.5 Å². The molecule has 56 valence electrons. The lowest BCUT2D eigenvalue weighted by Crippen LogP contribution is -2.32. The van der Waals surface area contributed by atoms with Crippen molar-refractivity contribution in [1.82, 2.24) is 0 Å². The second kappa shape index (κ2) is 4.53. The topological polar surface area (TPSA) is 20.2 Å². The normalized spacial score (nSPS) is 17.3. The van der Waals surface area contributed by atoms with Crippen LogP contribution in [0.3, 0.4) is 0 Å². The standard InChI is InChI=1S/C6H12BrClO/c1-2-3-6(9,4-7)5-8/h9H,2-5H2,1H3. The van der Waals surface area contributed by atoms with Crippen molar-refractivity contribution in [2.75, 3.05) is 11.2 Å². The molecule has 0 spiro atoms. The molecule has 0 bridgehead atoms. The summed E-state index contributed by atoms with van der Waals surface area (Å²) in [4.78, 5) is 0. The van der Waals surface area contributed by atoms with Crippen molar-refractivity contribution in [3.8, 4) is 0 Å². The van der Waals surface area contributed by atoms with Gasteiger partial charge >= 0.3 is 0 Å². The molecular formula is C6H12BrClO. The van der Waals surface area contributed by atoms with E-state index in [1.165, 1.54) is 0 Å². The lowest BCUT2D eigenvalue weighted by Gasteiger charge is -2.21. The van der Waals surface area contributed by atoms with Gasteiger partial charge in [0.2, 0.25) is 0 Å². The number of hydrogen-bond donors (Lipinski definition) is 1. The van der Waals surface area contributed by atoms with Crippen molar-refractivity contribution in [1.29, 1.82) is 0 Å². The van der Waals surface area contributed by atoms with E-state index in [4.69, 9.17) is 11.6 Å². The van der Waals surface area contributed by atoms with Crippen LogP contribution < -0.4 is 0 Å². The lowest BCUT2D eigenvalue weighted by atomic mass is 10.0. The van der Waals surface area contributed by atoms with E-state index in [0.717, 1.165) is 12.8 Å². The molecule has 1 atom stereocenters. The minimum Gasteiger partial charge on any atom is -0.388 e. The van der Waals surface area contributed by atoms with E-state index in [9.17, 15) is 5.11 Å². The van der Waals surface area contributed by atoms with Gasteiger partial charge < -0.3 is 5.11 Å². The van der Waals surface area contributed by atoms with Crippen molar-refractivity contribution in [3.63, 3.8) is 0 Å². The Hall–Kier alpha value is 0.730. The highest BCUT2D eigenvalue weighted by Gasteiger charge is 2.22. The first kappa shape index (κ1) is 9.73. The van der Waals surface area contributed by atoms with Crippen molar-refractivity contribution in [2.45, 2.75) is 25.4 Å². The zero-order chi connectivity index (χ0) is 7.33. The molecular weight excluding hydrogens is 203 g/mol. The van der Waals surface area contributed by atoms with Crippen molar-refractivity contribution in [3.05, 3.63) is 0 Å². The van der Waals surface area contributed by atoms with Crippen LogP contribution in [0, 0.1) is 0 Å². The number of alkyl halides is 2. The molecule has 9 heavy (non-hydrogen) atoms. The van der Waals surface area contributed by atoms with Crippen LogP contribution in [0.4, 0.5) is 0 Å². The summed E-state index contributed by atoms with van der Waals surface area (Å²) in [5.74, 6) is 0.312. The molecule has 1 nitrogen and oxygen atoms in total. The maximum atomic E-state index is 9.45. The summed E-state index contributed by atoms with van der Waals surface area (Å²) in [6, 6.07) is 0. The number of aliphatic hydroxyl groups is 1. The first-order valence-corrected chi connectivity index (χ1v) is 4.68. The molecule has 0 aromatic carbocycles. The van der Waals surface area contributed by atoms with Gasteiger partial charge in [-0.05, 0) is 6.42 Å². The second-order valence-electron chi connectivity index (χ2n) is 2.24. The van der Waals surface area contributed by atoms with Gasteiger partial charge in [0.25, 0.3) is 0 Å². The lowest BCUT2D eigenvalue weighted by molar-refractivity contribution is 0.0802. The van der Waals surface area contributed by atoms with Gasteiger partial charge in [-0.15, -0.1) is 11.6 Å². The average Bonchev–Trinajstić information content (AvgIpc) is 1.89. The molecule has 0 aliphatic heterocycles. The molecule has 0 rings (SSSR count). The third-order valence-electron chi connectivity index (χ3n) is 1.21. The van der Waals surface area contributed by atoms with Gasteiger partial charge in [0.05, 0.1) is 11.5 Å². The number of hydrogen-bond acceptors (Lipinski definition) is 1. The van der Waals surface area contributed by atoms with Crippen molar-refractivity contribution < 1.29 is 5.11 Å². The highest BCUT2D eigenvalue weighted by molar-refractivity contribution is 9.09. The molecule has 0 aliphatic rings. The molecule has 0 saturated heterocycles. The highest BCUT2D eigenvalue weighted by Crippen LogP contribution is 2.16. The van der Waals surface area contributed by atoms with Gasteiger partial charge in [-0.1, -0.05) is 29.3 Å². The Morgan fingerprint density at radius 1 is 1.67 bits per heavy atom. The molecule has 0 heterocycles. The Labute approximate surface area is 69.5 Å². The van der Waals surface area contributed by atoms with E-state index >= 15 is 0 Å². The summed E-state index contributed by atoms with van der Waals surface area (Å²) in [6.07, 6.45) is 1.73. The molecule has 1 N–H and O–H groups in total. The highest BCUT2D eigenvalue weighted by atomic mass is 79.9. The van der Waals surface area contributed by atoms with Gasteiger partial charge in [-0.2, -0.15) is 0 Å². The third-order valence-corrected chi connectivity index (χ3v) is 2.75. The molecule has 0 amide bonds. The predicted octanol–water partition coefficient (Wildman–Crippen LogP) is 2.15. The maximum absolute atomic E-state index is 9.45. The second-order valence-corrected chi connectivity index (χ2v) is 3.07. The summed E-state index contributed by atoms with van der Waals surface area (Å²) in [5, 5.41) is 10.0. The molecule has 0 aromatic rings. The largest absolute Gasteiger partial charge is 0.388 e. The van der Waals surface area contributed by atoms with E-state index in [-0.39, 0.29) is 0 Å². The van der Waals surface area contributed by atoms with E-state index in [0.29, 0.717) is 11.2 Å². The molecule has 0 radical (unpaired) electrons. The zero-order valence-electron chi connectivity index (χ0n) is 5.53. The Kier molecular flexibility index (Phi) is 4.90. The van der Waals surface area contributed by atoms with Crippen LogP contribution in [0.15, 0.2) is 0 Å². The fourth-order valence-electron chi connectivity index (χ4n) is 0.635. The van der Waals surface area contributed by atoms with Gasteiger partial charge in [0.15, 0.2) is 0 Å². The monoisotopic (exact) mass is 214 g/mol. The third kappa shape index (κ3) is 3.43. The molecule has 0 aliphatic carbocycles. The quantitative estimate of drug-likeness (QED) is 0.713. The van der Waals surface area contributed by atoms with E-state index in [1.807, 2.05) is 6.92 Å². The molecule has 0 aromatic heterocycles. The van der Waals surface area contributed by atoms with Crippen LogP contribution in [0.5, 0.6) is 0 Å². The van der Waals surface area contributed by atoms with Crippen LogP contribution in [0.1, 0.15) is 19.8 Å². The fourth-order valence-corrected chi connectivity index (χ4v) is 1.57. The van der Waals surface area contributed by atoms with Crippen LogP contribution in [0.25, 0.3) is 0 Å². The first-order chi connectivity index (χ1) is 4.18. The van der Waals surface area contributed by atoms with E-state index < -0.39 is 5.60 Å². The SMILES string of the molecule is CCCC(O)(CCl)CBr. The predicted molar refractivity (Wildman–Crippen MR) is 44.4 cm³/mol. The molecule has 0 saturated carbocycles. The average molecular weight is 216 g/mol. The Balaban J connectivity index is 3.62.